The number of benzene rings is 8. The van der Waals surface area contributed by atoms with Crippen molar-refractivity contribution in [1.82, 2.24) is 14.5 Å². The van der Waals surface area contributed by atoms with Crippen molar-refractivity contribution in [2.75, 3.05) is 0 Å². The molecule has 0 atom stereocenters. The molecule has 0 aliphatic heterocycles. The van der Waals surface area contributed by atoms with E-state index in [1.54, 1.807) is 0 Å². The summed E-state index contributed by atoms with van der Waals surface area (Å²) in [6, 6.07) is 66.6. The molecule has 0 bridgehead atoms. The minimum absolute atomic E-state index is 0.800. The number of hydrogen-bond acceptors (Lipinski definition) is 4. The van der Waals surface area contributed by atoms with E-state index in [9.17, 15) is 0 Å². The smallest absolute Gasteiger partial charge is 0.162 e. The van der Waals surface area contributed by atoms with Crippen LogP contribution in [0.15, 0.2) is 192 Å². The van der Waals surface area contributed by atoms with Crippen molar-refractivity contribution in [3.05, 3.63) is 188 Å². The van der Waals surface area contributed by atoms with Crippen LogP contribution < -0.4 is 0 Å². The number of para-hydroxylation sites is 4. The van der Waals surface area contributed by atoms with Gasteiger partial charge in [0.2, 0.25) is 0 Å². The van der Waals surface area contributed by atoms with Crippen LogP contribution in [0.3, 0.4) is 0 Å². The minimum atomic E-state index is 0.800. The molecule has 0 fully saturated rings. The Hall–Kier alpha value is -7.34. The van der Waals surface area contributed by atoms with Crippen molar-refractivity contribution < 1.29 is 4.42 Å². The number of aromatic nitrogens is 3. The van der Waals surface area contributed by atoms with Crippen LogP contribution in [0.5, 0.6) is 0 Å². The number of thiophene rings is 1. The lowest BCUT2D eigenvalue weighted by Crippen LogP contribution is -1.97. The maximum absolute atomic E-state index is 6.72. The summed E-state index contributed by atoms with van der Waals surface area (Å²) < 4.78 is 11.5. The number of hydrogen-bond donors (Lipinski definition) is 0. The second-order valence-electron chi connectivity index (χ2n) is 14.5. The molecule has 4 aromatic heterocycles. The van der Waals surface area contributed by atoms with Crippen molar-refractivity contribution in [2.45, 2.75) is 0 Å². The summed E-state index contributed by atoms with van der Waals surface area (Å²) in [5.41, 5.74) is 13.1. The monoisotopic (exact) mass is 745 g/mol. The molecule has 0 spiro atoms. The first-order chi connectivity index (χ1) is 28.2. The van der Waals surface area contributed by atoms with Crippen molar-refractivity contribution in [3.63, 3.8) is 0 Å². The van der Waals surface area contributed by atoms with Crippen LogP contribution >= 0.6 is 11.3 Å². The van der Waals surface area contributed by atoms with E-state index in [1.165, 1.54) is 25.7 Å². The zero-order valence-electron chi connectivity index (χ0n) is 30.6. The third kappa shape index (κ3) is 5.06. The van der Waals surface area contributed by atoms with Gasteiger partial charge in [0, 0.05) is 53.1 Å². The molecule has 4 heterocycles. The summed E-state index contributed by atoms with van der Waals surface area (Å²) in [5, 5.41) is 5.83. The number of imidazole rings is 1. The van der Waals surface area contributed by atoms with E-state index in [0.29, 0.717) is 0 Å². The van der Waals surface area contributed by atoms with Crippen LogP contribution in [-0.2, 0) is 0 Å². The SMILES string of the molecule is c1ccc(-c2nc3ccccc3n2-c2ccc(-c3cc(-c4nc5ccccc5c5c4oc4ccccc45)cc(-c4cccc5c4sc4ccccc45)c3)cc2)cc1. The average Bonchev–Trinajstić information content (AvgIpc) is 3.98. The lowest BCUT2D eigenvalue weighted by Gasteiger charge is -2.14. The maximum Gasteiger partial charge on any atom is 0.162 e. The Labute approximate surface area is 331 Å². The van der Waals surface area contributed by atoms with Gasteiger partial charge in [0.05, 0.1) is 16.6 Å². The fourth-order valence-corrected chi connectivity index (χ4v) is 9.80. The van der Waals surface area contributed by atoms with Gasteiger partial charge in [-0.25, -0.2) is 9.97 Å². The maximum atomic E-state index is 6.72. The Morgan fingerprint density at radius 1 is 0.456 bits per heavy atom. The van der Waals surface area contributed by atoms with Gasteiger partial charge in [-0.2, -0.15) is 0 Å². The first kappa shape index (κ1) is 32.0. The number of furan rings is 1. The molecule has 0 saturated carbocycles. The van der Waals surface area contributed by atoms with Gasteiger partial charge in [0.25, 0.3) is 0 Å². The van der Waals surface area contributed by atoms with Crippen LogP contribution in [0.4, 0.5) is 0 Å². The molecular formula is C52H31N3OS. The normalized spacial score (nSPS) is 11.9. The zero-order chi connectivity index (χ0) is 37.5. The lowest BCUT2D eigenvalue weighted by atomic mass is 9.93. The van der Waals surface area contributed by atoms with Crippen LogP contribution in [0.25, 0.3) is 115 Å². The summed E-state index contributed by atoms with van der Waals surface area (Å²) >= 11 is 1.85. The summed E-state index contributed by atoms with van der Waals surface area (Å²) in [4.78, 5) is 10.4. The number of nitrogens with zero attached hydrogens (tertiary/aromatic N) is 3. The molecule has 266 valence electrons. The van der Waals surface area contributed by atoms with Crippen molar-refractivity contribution in [2.24, 2.45) is 0 Å². The quantitative estimate of drug-likeness (QED) is 0.176. The Morgan fingerprint density at radius 2 is 1.14 bits per heavy atom. The van der Waals surface area contributed by atoms with Crippen LogP contribution in [0.1, 0.15) is 0 Å². The van der Waals surface area contributed by atoms with Gasteiger partial charge in [-0.1, -0.05) is 127 Å². The Balaban J connectivity index is 1.09. The lowest BCUT2D eigenvalue weighted by molar-refractivity contribution is 0.669. The topological polar surface area (TPSA) is 43.9 Å². The Kier molecular flexibility index (Phi) is 7.06. The van der Waals surface area contributed by atoms with E-state index in [4.69, 9.17) is 14.4 Å². The molecule has 0 unspecified atom stereocenters. The van der Waals surface area contributed by atoms with Crippen molar-refractivity contribution >= 4 is 75.4 Å². The standard InChI is InChI=1S/C52H31N3OS/c1-2-13-33(14-3-1)52-54-44-21-8-9-22-45(44)55(52)37-27-25-32(26-28-37)34-29-35(38-18-12-19-40-39-15-6-11-24-47(39)57-51(38)40)31-36(30-34)49-50-48(41-16-4-7-20-43(41)53-49)42-17-5-10-23-46(42)56-50/h1-31H. The van der Waals surface area contributed by atoms with E-state index in [1.807, 2.05) is 35.6 Å². The summed E-state index contributed by atoms with van der Waals surface area (Å²) in [6.45, 7) is 0. The zero-order valence-corrected chi connectivity index (χ0v) is 31.4. The molecule has 12 rings (SSSR count). The highest BCUT2D eigenvalue weighted by atomic mass is 32.1. The molecule has 0 aliphatic carbocycles. The molecule has 0 saturated heterocycles. The summed E-state index contributed by atoms with van der Waals surface area (Å²) in [5.74, 6) is 0.919. The molecule has 57 heavy (non-hydrogen) atoms. The van der Waals surface area contributed by atoms with Gasteiger partial charge in [-0.15, -0.1) is 11.3 Å². The van der Waals surface area contributed by atoms with Crippen LogP contribution in [0.2, 0.25) is 0 Å². The molecule has 0 radical (unpaired) electrons. The Bertz CT molecular complexity index is 3520. The number of rotatable bonds is 5. The number of fused-ring (bicyclic) bond motifs is 9. The minimum Gasteiger partial charge on any atom is -0.454 e. The largest absolute Gasteiger partial charge is 0.454 e. The third-order valence-corrected chi connectivity index (χ3v) is 12.4. The molecule has 0 amide bonds. The predicted octanol–water partition coefficient (Wildman–Crippen LogP) is 14.5. The first-order valence-electron chi connectivity index (χ1n) is 19.1. The second-order valence-corrected chi connectivity index (χ2v) is 15.6. The van der Waals surface area contributed by atoms with E-state index < -0.39 is 0 Å². The van der Waals surface area contributed by atoms with Gasteiger partial charge in [-0.3, -0.25) is 4.57 Å². The first-order valence-corrected chi connectivity index (χ1v) is 20.0. The van der Waals surface area contributed by atoms with Crippen LogP contribution in [0, 0.1) is 0 Å². The van der Waals surface area contributed by atoms with Gasteiger partial charge >= 0.3 is 0 Å². The fourth-order valence-electron chi connectivity index (χ4n) is 8.56. The molecule has 8 aromatic carbocycles. The molecule has 0 aliphatic rings. The molecule has 5 heteroatoms. The fraction of sp³-hybridized carbons (Fsp3) is 0. The van der Waals surface area contributed by atoms with Gasteiger partial charge in [0.15, 0.2) is 5.58 Å². The van der Waals surface area contributed by atoms with E-state index in [0.717, 1.165) is 88.9 Å². The molecule has 0 N–H and O–H groups in total. The second kappa shape index (κ2) is 12.6. The van der Waals surface area contributed by atoms with E-state index >= 15 is 0 Å². The molecule has 4 nitrogen and oxygen atoms in total. The van der Waals surface area contributed by atoms with Crippen LogP contribution in [-0.4, -0.2) is 14.5 Å². The van der Waals surface area contributed by atoms with Crippen molar-refractivity contribution in [3.8, 4) is 50.6 Å². The molecular weight excluding hydrogens is 715 g/mol. The number of pyridine rings is 1. The van der Waals surface area contributed by atoms with Crippen molar-refractivity contribution in [1.29, 1.82) is 0 Å². The van der Waals surface area contributed by atoms with Gasteiger partial charge < -0.3 is 4.42 Å². The van der Waals surface area contributed by atoms with Gasteiger partial charge in [-0.05, 0) is 82.9 Å². The van der Waals surface area contributed by atoms with E-state index in [-0.39, 0.29) is 0 Å². The van der Waals surface area contributed by atoms with E-state index in [2.05, 4.69) is 168 Å². The third-order valence-electron chi connectivity index (χ3n) is 11.2. The van der Waals surface area contributed by atoms with Gasteiger partial charge in [0.1, 0.15) is 17.1 Å². The Morgan fingerprint density at radius 3 is 2.02 bits per heavy atom. The summed E-state index contributed by atoms with van der Waals surface area (Å²) in [7, 11) is 0. The average molecular weight is 746 g/mol. The highest BCUT2D eigenvalue weighted by Gasteiger charge is 2.20. The molecule has 12 aromatic rings. The highest BCUT2D eigenvalue weighted by molar-refractivity contribution is 7.26. The predicted molar refractivity (Wildman–Crippen MR) is 238 cm³/mol. The summed E-state index contributed by atoms with van der Waals surface area (Å²) in [6.07, 6.45) is 0. The highest BCUT2D eigenvalue weighted by Crippen LogP contribution is 2.44.